The molecule has 0 atom stereocenters. The van der Waals surface area contributed by atoms with Crippen molar-refractivity contribution in [2.75, 3.05) is 20.8 Å². The number of hydrogen-bond donors (Lipinski definition) is 2. The van der Waals surface area contributed by atoms with Crippen molar-refractivity contribution in [1.82, 2.24) is 10.6 Å². The van der Waals surface area contributed by atoms with E-state index in [1.54, 1.807) is 20.2 Å². The molecule has 2 aromatic carbocycles. The molecular formula is C19H24FN3O2. The maximum Gasteiger partial charge on any atom is 0.191 e. The van der Waals surface area contributed by atoms with Crippen molar-refractivity contribution in [3.63, 3.8) is 0 Å². The molecule has 6 heteroatoms. The Morgan fingerprint density at radius 2 is 1.76 bits per heavy atom. The summed E-state index contributed by atoms with van der Waals surface area (Å²) in [6, 6.07) is 12.3. The highest BCUT2D eigenvalue weighted by Crippen LogP contribution is 2.27. The molecule has 0 heterocycles. The molecule has 2 N–H and O–H groups in total. The average molecular weight is 345 g/mol. The van der Waals surface area contributed by atoms with Gasteiger partial charge in [-0.25, -0.2) is 4.39 Å². The SMILES string of the molecule is CCOc1cc(CNC(=NC)NCc2cccc(F)c2)ccc1OC. The fourth-order valence-electron chi connectivity index (χ4n) is 2.34. The number of benzene rings is 2. The first-order chi connectivity index (χ1) is 12.2. The molecule has 0 radical (unpaired) electrons. The van der Waals surface area contributed by atoms with Gasteiger partial charge in [0.15, 0.2) is 17.5 Å². The molecule has 0 amide bonds. The molecule has 0 bridgehead atoms. The number of nitrogens with zero attached hydrogens (tertiary/aromatic N) is 1. The van der Waals surface area contributed by atoms with Crippen molar-refractivity contribution in [2.24, 2.45) is 4.99 Å². The fourth-order valence-corrected chi connectivity index (χ4v) is 2.34. The first-order valence-electron chi connectivity index (χ1n) is 8.15. The van der Waals surface area contributed by atoms with E-state index in [9.17, 15) is 4.39 Å². The maximum atomic E-state index is 13.2. The van der Waals surface area contributed by atoms with E-state index in [0.717, 1.165) is 11.1 Å². The second kappa shape index (κ2) is 9.52. The summed E-state index contributed by atoms with van der Waals surface area (Å²) in [5.41, 5.74) is 1.89. The molecule has 0 unspecified atom stereocenters. The van der Waals surface area contributed by atoms with E-state index in [1.807, 2.05) is 31.2 Å². The minimum absolute atomic E-state index is 0.246. The van der Waals surface area contributed by atoms with Crippen LogP contribution in [-0.2, 0) is 13.1 Å². The van der Waals surface area contributed by atoms with Crippen molar-refractivity contribution in [3.05, 3.63) is 59.4 Å². The summed E-state index contributed by atoms with van der Waals surface area (Å²) in [6.45, 7) is 3.57. The first-order valence-corrected chi connectivity index (χ1v) is 8.15. The van der Waals surface area contributed by atoms with Gasteiger partial charge in [0.05, 0.1) is 13.7 Å². The summed E-state index contributed by atoms with van der Waals surface area (Å²) in [6.07, 6.45) is 0. The Balaban J connectivity index is 1.93. The predicted molar refractivity (Wildman–Crippen MR) is 97.6 cm³/mol. The second-order valence-electron chi connectivity index (χ2n) is 5.33. The third-order valence-electron chi connectivity index (χ3n) is 3.56. The number of aliphatic imine (C=N–C) groups is 1. The van der Waals surface area contributed by atoms with Gasteiger partial charge in [-0.05, 0) is 42.3 Å². The molecule has 0 spiro atoms. The summed E-state index contributed by atoms with van der Waals surface area (Å²) in [5.74, 6) is 1.81. The molecule has 0 fully saturated rings. The number of rotatable bonds is 7. The smallest absolute Gasteiger partial charge is 0.191 e. The average Bonchev–Trinajstić information content (AvgIpc) is 2.62. The summed E-state index contributed by atoms with van der Waals surface area (Å²) >= 11 is 0. The summed E-state index contributed by atoms with van der Waals surface area (Å²) < 4.78 is 24.1. The Hall–Kier alpha value is -2.76. The van der Waals surface area contributed by atoms with Crippen molar-refractivity contribution in [3.8, 4) is 11.5 Å². The van der Waals surface area contributed by atoms with Crippen molar-refractivity contribution in [2.45, 2.75) is 20.0 Å². The van der Waals surface area contributed by atoms with Crippen LogP contribution in [0.4, 0.5) is 4.39 Å². The van der Waals surface area contributed by atoms with Crippen LogP contribution in [0.5, 0.6) is 11.5 Å². The molecule has 0 aromatic heterocycles. The van der Waals surface area contributed by atoms with Gasteiger partial charge in [0, 0.05) is 20.1 Å². The number of ether oxygens (including phenoxy) is 2. The van der Waals surface area contributed by atoms with Gasteiger partial charge < -0.3 is 20.1 Å². The number of halogens is 1. The van der Waals surface area contributed by atoms with Gasteiger partial charge in [-0.15, -0.1) is 0 Å². The van der Waals surface area contributed by atoms with E-state index in [1.165, 1.54) is 12.1 Å². The molecule has 134 valence electrons. The van der Waals surface area contributed by atoms with Gasteiger partial charge in [0.25, 0.3) is 0 Å². The lowest BCUT2D eigenvalue weighted by atomic mass is 10.2. The molecule has 2 rings (SSSR count). The monoisotopic (exact) mass is 345 g/mol. The van der Waals surface area contributed by atoms with E-state index in [0.29, 0.717) is 37.2 Å². The highest BCUT2D eigenvalue weighted by atomic mass is 19.1. The van der Waals surface area contributed by atoms with E-state index in [-0.39, 0.29) is 5.82 Å². The Morgan fingerprint density at radius 1 is 1.04 bits per heavy atom. The maximum absolute atomic E-state index is 13.2. The number of nitrogens with one attached hydrogen (secondary N) is 2. The lowest BCUT2D eigenvalue weighted by Crippen LogP contribution is -2.36. The van der Waals surface area contributed by atoms with E-state index in [2.05, 4.69) is 15.6 Å². The standard InChI is InChI=1S/C19H24FN3O2/c1-4-25-18-11-15(8-9-17(18)24-3)13-23-19(21-2)22-12-14-6-5-7-16(20)10-14/h5-11H,4,12-13H2,1-3H3,(H2,21,22,23). The zero-order chi connectivity index (χ0) is 18.1. The van der Waals surface area contributed by atoms with Crippen molar-refractivity contribution >= 4 is 5.96 Å². The van der Waals surface area contributed by atoms with E-state index < -0.39 is 0 Å². The van der Waals surface area contributed by atoms with Gasteiger partial charge in [0.1, 0.15) is 5.82 Å². The first kappa shape index (κ1) is 18.6. The minimum Gasteiger partial charge on any atom is -0.493 e. The van der Waals surface area contributed by atoms with Crippen molar-refractivity contribution in [1.29, 1.82) is 0 Å². The largest absolute Gasteiger partial charge is 0.493 e. The normalized spacial score (nSPS) is 11.1. The number of guanidine groups is 1. The topological polar surface area (TPSA) is 54.9 Å². The van der Waals surface area contributed by atoms with Crippen LogP contribution >= 0.6 is 0 Å². The quantitative estimate of drug-likeness (QED) is 0.598. The molecule has 0 aliphatic heterocycles. The second-order valence-corrected chi connectivity index (χ2v) is 5.33. The van der Waals surface area contributed by atoms with Crippen LogP contribution in [0.15, 0.2) is 47.5 Å². The van der Waals surface area contributed by atoms with Gasteiger partial charge in [-0.1, -0.05) is 18.2 Å². The highest BCUT2D eigenvalue weighted by molar-refractivity contribution is 5.79. The van der Waals surface area contributed by atoms with Crippen LogP contribution in [-0.4, -0.2) is 26.7 Å². The van der Waals surface area contributed by atoms with Crippen LogP contribution in [0.25, 0.3) is 0 Å². The number of hydrogen-bond acceptors (Lipinski definition) is 3. The molecule has 2 aromatic rings. The Kier molecular flexibility index (Phi) is 7.07. The predicted octanol–water partition coefficient (Wildman–Crippen LogP) is 3.10. The van der Waals surface area contributed by atoms with Gasteiger partial charge in [-0.3, -0.25) is 4.99 Å². The molecule has 5 nitrogen and oxygen atoms in total. The summed E-state index contributed by atoms with van der Waals surface area (Å²) in [4.78, 5) is 4.18. The summed E-state index contributed by atoms with van der Waals surface area (Å²) in [7, 11) is 3.31. The lowest BCUT2D eigenvalue weighted by molar-refractivity contribution is 0.310. The van der Waals surface area contributed by atoms with E-state index >= 15 is 0 Å². The van der Waals surface area contributed by atoms with Gasteiger partial charge in [0.2, 0.25) is 0 Å². The zero-order valence-corrected chi connectivity index (χ0v) is 14.8. The van der Waals surface area contributed by atoms with Crippen molar-refractivity contribution < 1.29 is 13.9 Å². The summed E-state index contributed by atoms with van der Waals surface area (Å²) in [5, 5.41) is 6.39. The lowest BCUT2D eigenvalue weighted by Gasteiger charge is -2.14. The molecular weight excluding hydrogens is 321 g/mol. The fraction of sp³-hybridized carbons (Fsp3) is 0.316. The molecule has 25 heavy (non-hydrogen) atoms. The molecule has 0 saturated carbocycles. The molecule has 0 saturated heterocycles. The van der Waals surface area contributed by atoms with E-state index in [4.69, 9.17) is 9.47 Å². The van der Waals surface area contributed by atoms with Crippen LogP contribution < -0.4 is 20.1 Å². The highest BCUT2D eigenvalue weighted by Gasteiger charge is 2.06. The van der Waals surface area contributed by atoms with Crippen LogP contribution in [0.2, 0.25) is 0 Å². The number of methoxy groups -OCH3 is 1. The van der Waals surface area contributed by atoms with Gasteiger partial charge >= 0.3 is 0 Å². The Morgan fingerprint density at radius 3 is 2.36 bits per heavy atom. The third kappa shape index (κ3) is 5.67. The molecule has 0 aliphatic carbocycles. The van der Waals surface area contributed by atoms with Gasteiger partial charge in [-0.2, -0.15) is 0 Å². The third-order valence-corrected chi connectivity index (χ3v) is 3.56. The Labute approximate surface area is 147 Å². The Bertz CT molecular complexity index is 720. The van der Waals surface area contributed by atoms with Crippen LogP contribution in [0, 0.1) is 5.82 Å². The van der Waals surface area contributed by atoms with Crippen LogP contribution in [0.1, 0.15) is 18.1 Å². The molecule has 0 aliphatic rings. The van der Waals surface area contributed by atoms with Crippen LogP contribution in [0.3, 0.4) is 0 Å². The minimum atomic E-state index is -0.246. The zero-order valence-electron chi connectivity index (χ0n) is 14.8.